The van der Waals surface area contributed by atoms with Gasteiger partial charge in [0.1, 0.15) is 16.9 Å². The van der Waals surface area contributed by atoms with Crippen molar-refractivity contribution >= 4 is 39.7 Å². The van der Waals surface area contributed by atoms with E-state index in [-0.39, 0.29) is 11.3 Å². The second kappa shape index (κ2) is 7.28. The van der Waals surface area contributed by atoms with Crippen LogP contribution in [0.4, 0.5) is 20.8 Å². The van der Waals surface area contributed by atoms with Crippen LogP contribution in [0.15, 0.2) is 18.2 Å². The number of aromatic nitrogens is 1. The Kier molecular flexibility index (Phi) is 5.08. The Morgan fingerprint density at radius 3 is 2.58 bits per heavy atom. The molecule has 2 amide bonds. The van der Waals surface area contributed by atoms with Crippen molar-refractivity contribution in [2.45, 2.75) is 32.2 Å². The van der Waals surface area contributed by atoms with Crippen molar-refractivity contribution in [1.29, 1.82) is 0 Å². The highest BCUT2D eigenvalue weighted by Gasteiger charge is 2.29. The first-order valence-electron chi connectivity index (χ1n) is 8.23. The minimum absolute atomic E-state index is 0.0110. The van der Waals surface area contributed by atoms with Gasteiger partial charge in [0.2, 0.25) is 5.91 Å². The van der Waals surface area contributed by atoms with Crippen molar-refractivity contribution in [3.8, 4) is 0 Å². The van der Waals surface area contributed by atoms with Crippen LogP contribution in [0.1, 0.15) is 35.3 Å². The standard InChI is InChI=1S/C17H20FN5O2S/c1-8-4-15(26-23-8)22-12-7-13(11(18)6-10(12)16(19)24)21-14(17(20)25)5-9-2-3-9/h4,6-7,9,14,21-22H,2-3,5H2,1H3,(H2,19,24)(H2,20,25)/t14-/m1/s1. The molecule has 0 aliphatic heterocycles. The van der Waals surface area contributed by atoms with Crippen LogP contribution in [-0.4, -0.2) is 22.2 Å². The first kappa shape index (κ1) is 18.1. The summed E-state index contributed by atoms with van der Waals surface area (Å²) in [6.07, 6.45) is 2.65. The molecule has 1 atom stereocenters. The van der Waals surface area contributed by atoms with Gasteiger partial charge < -0.3 is 22.1 Å². The normalized spacial score (nSPS) is 14.7. The lowest BCUT2D eigenvalue weighted by Gasteiger charge is -2.19. The van der Waals surface area contributed by atoms with Gasteiger partial charge in [-0.2, -0.15) is 4.37 Å². The maximum atomic E-state index is 14.5. The smallest absolute Gasteiger partial charge is 0.250 e. The molecular formula is C17H20FN5O2S. The zero-order chi connectivity index (χ0) is 18.8. The summed E-state index contributed by atoms with van der Waals surface area (Å²) >= 11 is 1.21. The number of aryl methyl sites for hydroxylation is 1. The fourth-order valence-electron chi connectivity index (χ4n) is 2.67. The maximum absolute atomic E-state index is 14.5. The SMILES string of the molecule is Cc1cc(Nc2cc(N[C@H](CC3CC3)C(N)=O)c(F)cc2C(N)=O)sn1. The van der Waals surface area contributed by atoms with Gasteiger partial charge in [-0.1, -0.05) is 12.8 Å². The predicted molar refractivity (Wildman–Crippen MR) is 99.0 cm³/mol. The molecule has 0 saturated heterocycles. The lowest BCUT2D eigenvalue weighted by Crippen LogP contribution is -2.36. The van der Waals surface area contributed by atoms with E-state index in [1.54, 1.807) is 6.07 Å². The summed E-state index contributed by atoms with van der Waals surface area (Å²) in [7, 11) is 0. The summed E-state index contributed by atoms with van der Waals surface area (Å²) in [5, 5.41) is 6.58. The third-order valence-electron chi connectivity index (χ3n) is 4.20. The zero-order valence-corrected chi connectivity index (χ0v) is 15.0. The Balaban J connectivity index is 1.90. The van der Waals surface area contributed by atoms with Crippen molar-refractivity contribution in [3.63, 3.8) is 0 Å². The number of nitrogens with zero attached hydrogens (tertiary/aromatic N) is 1. The lowest BCUT2D eigenvalue weighted by molar-refractivity contribution is -0.118. The Labute approximate surface area is 154 Å². The van der Waals surface area contributed by atoms with Crippen molar-refractivity contribution in [1.82, 2.24) is 4.37 Å². The molecule has 0 unspecified atom stereocenters. The number of benzene rings is 1. The monoisotopic (exact) mass is 377 g/mol. The Morgan fingerprint density at radius 1 is 1.31 bits per heavy atom. The molecule has 1 aromatic carbocycles. The molecule has 0 bridgehead atoms. The highest BCUT2D eigenvalue weighted by molar-refractivity contribution is 7.10. The number of hydrogen-bond donors (Lipinski definition) is 4. The number of carbonyl (C=O) groups is 2. The molecule has 9 heteroatoms. The van der Waals surface area contributed by atoms with E-state index >= 15 is 0 Å². The van der Waals surface area contributed by atoms with Gasteiger partial charge >= 0.3 is 0 Å². The molecule has 2 aromatic rings. The van der Waals surface area contributed by atoms with Crippen molar-refractivity contribution in [2.75, 3.05) is 10.6 Å². The van der Waals surface area contributed by atoms with Gasteiger partial charge in [0, 0.05) is 0 Å². The molecule has 6 N–H and O–H groups in total. The Morgan fingerprint density at radius 2 is 2.04 bits per heavy atom. The number of nitrogens with one attached hydrogen (secondary N) is 2. The largest absolute Gasteiger partial charge is 0.371 e. The van der Waals surface area contributed by atoms with E-state index in [2.05, 4.69) is 15.0 Å². The van der Waals surface area contributed by atoms with E-state index in [0.29, 0.717) is 23.0 Å². The molecule has 1 fully saturated rings. The summed E-state index contributed by atoms with van der Waals surface area (Å²) in [5.41, 5.74) is 12.0. The number of halogens is 1. The first-order chi connectivity index (χ1) is 12.3. The van der Waals surface area contributed by atoms with Crippen LogP contribution in [0.3, 0.4) is 0 Å². The molecule has 1 aliphatic rings. The molecular weight excluding hydrogens is 357 g/mol. The molecule has 1 aliphatic carbocycles. The molecule has 1 aromatic heterocycles. The van der Waals surface area contributed by atoms with E-state index in [0.717, 1.165) is 24.6 Å². The number of anilines is 3. The van der Waals surface area contributed by atoms with Gasteiger partial charge in [0.15, 0.2) is 0 Å². The van der Waals surface area contributed by atoms with Crippen LogP contribution in [0.25, 0.3) is 0 Å². The third kappa shape index (κ3) is 4.29. The number of rotatable bonds is 8. The quantitative estimate of drug-likeness (QED) is 0.563. The maximum Gasteiger partial charge on any atom is 0.250 e. The molecule has 26 heavy (non-hydrogen) atoms. The van der Waals surface area contributed by atoms with Crippen LogP contribution in [0, 0.1) is 18.7 Å². The highest BCUT2D eigenvalue weighted by atomic mass is 32.1. The van der Waals surface area contributed by atoms with Crippen molar-refractivity contribution < 1.29 is 14.0 Å². The molecule has 138 valence electrons. The summed E-state index contributed by atoms with van der Waals surface area (Å²) in [6.45, 7) is 1.84. The summed E-state index contributed by atoms with van der Waals surface area (Å²) < 4.78 is 18.6. The van der Waals surface area contributed by atoms with Gasteiger partial charge in [0.05, 0.1) is 22.6 Å². The fourth-order valence-corrected chi connectivity index (χ4v) is 3.34. The van der Waals surface area contributed by atoms with Gasteiger partial charge in [-0.15, -0.1) is 0 Å². The second-order valence-corrected chi connectivity index (χ2v) is 7.28. The van der Waals surface area contributed by atoms with Crippen molar-refractivity contribution in [3.05, 3.63) is 35.3 Å². The Bertz CT molecular complexity index is 850. The summed E-state index contributed by atoms with van der Waals surface area (Å²) in [4.78, 5) is 23.3. The minimum atomic E-state index is -0.761. The molecule has 3 rings (SSSR count). The Hall–Kier alpha value is -2.68. The van der Waals surface area contributed by atoms with Gasteiger partial charge in [-0.05, 0) is 49.0 Å². The minimum Gasteiger partial charge on any atom is -0.371 e. The van der Waals surface area contributed by atoms with Crippen LogP contribution in [0.2, 0.25) is 0 Å². The number of amides is 2. The predicted octanol–water partition coefficient (Wildman–Crippen LogP) is 2.50. The van der Waals surface area contributed by atoms with Crippen molar-refractivity contribution in [2.24, 2.45) is 17.4 Å². The molecule has 7 nitrogen and oxygen atoms in total. The number of nitrogens with two attached hydrogens (primary N) is 2. The number of primary amides is 2. The van der Waals surface area contributed by atoms with E-state index in [9.17, 15) is 14.0 Å². The van der Waals surface area contributed by atoms with Crippen LogP contribution in [-0.2, 0) is 4.79 Å². The van der Waals surface area contributed by atoms with E-state index in [1.165, 1.54) is 17.6 Å². The van der Waals surface area contributed by atoms with Crippen LogP contribution < -0.4 is 22.1 Å². The first-order valence-corrected chi connectivity index (χ1v) is 9.00. The average Bonchev–Trinajstić information content (AvgIpc) is 3.29. The topological polar surface area (TPSA) is 123 Å². The number of hydrogen-bond acceptors (Lipinski definition) is 6. The molecule has 0 spiro atoms. The second-order valence-electron chi connectivity index (χ2n) is 6.48. The molecule has 0 radical (unpaired) electrons. The molecule has 1 saturated carbocycles. The van der Waals surface area contributed by atoms with E-state index in [4.69, 9.17) is 11.5 Å². The molecule has 1 heterocycles. The van der Waals surface area contributed by atoms with Crippen LogP contribution >= 0.6 is 11.5 Å². The van der Waals surface area contributed by atoms with Crippen LogP contribution in [0.5, 0.6) is 0 Å². The number of carbonyl (C=O) groups excluding carboxylic acids is 2. The third-order valence-corrected chi connectivity index (χ3v) is 4.99. The van der Waals surface area contributed by atoms with E-state index < -0.39 is 23.7 Å². The average molecular weight is 377 g/mol. The zero-order valence-electron chi connectivity index (χ0n) is 14.2. The highest BCUT2D eigenvalue weighted by Crippen LogP contribution is 2.35. The summed E-state index contributed by atoms with van der Waals surface area (Å²) in [5.74, 6) is -1.54. The van der Waals surface area contributed by atoms with E-state index in [1.807, 2.05) is 6.92 Å². The van der Waals surface area contributed by atoms with Gasteiger partial charge in [-0.3, -0.25) is 9.59 Å². The van der Waals surface area contributed by atoms with Gasteiger partial charge in [0.25, 0.3) is 5.91 Å². The fraction of sp³-hybridized carbons (Fsp3) is 0.353. The summed E-state index contributed by atoms with van der Waals surface area (Å²) in [6, 6.07) is 3.60. The lowest BCUT2D eigenvalue weighted by atomic mass is 10.1. The van der Waals surface area contributed by atoms with Gasteiger partial charge in [-0.25, -0.2) is 4.39 Å².